The lowest BCUT2D eigenvalue weighted by molar-refractivity contribution is -0.174. The molecule has 3 fully saturated rings. The molecule has 2 spiro atoms. The van der Waals surface area contributed by atoms with Crippen LogP contribution in [-0.4, -0.2) is 51.2 Å². The molecule has 6 aliphatic rings. The molecule has 8 atom stereocenters. The highest BCUT2D eigenvalue weighted by atomic mass is 16.3. The third-order valence-electron chi connectivity index (χ3n) is 14.6. The number of allylic oxidation sites excluding steroid dienone is 4. The van der Waals surface area contributed by atoms with E-state index in [1.165, 1.54) is 0 Å². The molecule has 6 heteroatoms. The van der Waals surface area contributed by atoms with E-state index in [1.54, 1.807) is 4.90 Å². The number of amides is 2. The maximum atomic E-state index is 15.4. The number of Topliss-reactive ketones (excluding diaryl/α,β-unsaturated/α-hetero) is 1. The van der Waals surface area contributed by atoms with E-state index in [4.69, 9.17) is 0 Å². The second-order valence-electron chi connectivity index (χ2n) is 17.5. The maximum Gasteiger partial charge on any atom is 0.317 e. The molecule has 0 heterocycles. The van der Waals surface area contributed by atoms with Crippen LogP contribution in [0.25, 0.3) is 11.1 Å². The first-order chi connectivity index (χ1) is 24.9. The molecule has 52 heavy (non-hydrogen) atoms. The average Bonchev–Trinajstić information content (AvgIpc) is 3.41. The second kappa shape index (κ2) is 12.6. The minimum atomic E-state index is -1.15. The Morgan fingerprint density at radius 3 is 2.19 bits per heavy atom. The predicted octanol–water partition coefficient (Wildman–Crippen LogP) is 8.75. The lowest BCUT2D eigenvalue weighted by atomic mass is 9.32. The Hall–Kier alpha value is -4.00. The highest BCUT2D eigenvalue weighted by Crippen LogP contribution is 2.78. The summed E-state index contributed by atoms with van der Waals surface area (Å²) in [6, 6.07) is 27.9. The molecule has 2 bridgehead atoms. The number of hydrogen-bond donors (Lipinski definition) is 3. The molecule has 2 amide bonds. The van der Waals surface area contributed by atoms with Crippen molar-refractivity contribution in [1.82, 2.24) is 10.2 Å². The molecule has 3 aromatic carbocycles. The van der Waals surface area contributed by atoms with Crippen LogP contribution >= 0.6 is 0 Å². The number of hydrogen-bond acceptors (Lipinski definition) is 4. The van der Waals surface area contributed by atoms with E-state index in [2.05, 4.69) is 49.5 Å². The number of rotatable bonds is 8. The number of nitrogens with zero attached hydrogens (tertiary/aromatic N) is 1. The van der Waals surface area contributed by atoms with Gasteiger partial charge in [-0.25, -0.2) is 4.79 Å². The number of aliphatic hydroxyl groups is 2. The summed E-state index contributed by atoms with van der Waals surface area (Å²) in [5, 5.41) is 27.3. The molecule has 6 aliphatic carbocycles. The van der Waals surface area contributed by atoms with Crippen molar-refractivity contribution in [3.63, 3.8) is 0 Å². The fraction of sp³-hybridized carbons (Fsp3) is 0.478. The average molecular weight is 699 g/mol. The topological polar surface area (TPSA) is 89.9 Å². The number of fused-ring (bicyclic) bond motifs is 1. The number of carbonyl (C=O) groups excluding carboxylic acids is 2. The van der Waals surface area contributed by atoms with Crippen LogP contribution in [0.4, 0.5) is 4.79 Å². The molecule has 3 saturated carbocycles. The number of urea groups is 1. The van der Waals surface area contributed by atoms with E-state index in [9.17, 15) is 15.0 Å². The second-order valence-corrected chi connectivity index (χ2v) is 17.5. The first-order valence-corrected chi connectivity index (χ1v) is 19.5. The van der Waals surface area contributed by atoms with Crippen molar-refractivity contribution < 1.29 is 19.8 Å². The van der Waals surface area contributed by atoms with E-state index in [0.29, 0.717) is 24.9 Å². The summed E-state index contributed by atoms with van der Waals surface area (Å²) in [4.78, 5) is 31.0. The quantitative estimate of drug-likeness (QED) is 0.162. The minimum absolute atomic E-state index is 0.00667. The van der Waals surface area contributed by atoms with Crippen LogP contribution in [0.1, 0.15) is 88.6 Å². The largest absolute Gasteiger partial charge is 0.393 e. The van der Waals surface area contributed by atoms with Gasteiger partial charge in [-0.1, -0.05) is 117 Å². The standard InChI is InChI=1S/C46H54N2O4/c1-31(2)47-41(51)48(29-32-13-7-5-8-14-32)30-45(52)24-21-39-43(45,4)23-20-38-42(3)22-19-34(49)27-44(42)25-26-46(38,39)37(28-44)40(50)36-18-12-11-17-35(36)33-15-9-6-10-16-33/h5-18,25-26,28,31,34,38-39,49,52H,19-24,27,29-30H2,1-4H3,(H,47,51)/t34?,38-,39-,42-,43+,44+,45-,46-/m1/s1. The summed E-state index contributed by atoms with van der Waals surface area (Å²) >= 11 is 0. The fourth-order valence-corrected chi connectivity index (χ4v) is 12.0. The summed E-state index contributed by atoms with van der Waals surface area (Å²) in [6.07, 6.45) is 11.9. The van der Waals surface area contributed by atoms with Gasteiger partial charge in [-0.05, 0) is 92.7 Å². The molecule has 272 valence electrons. The van der Waals surface area contributed by atoms with Gasteiger partial charge in [0.2, 0.25) is 0 Å². The van der Waals surface area contributed by atoms with Crippen LogP contribution in [0.5, 0.6) is 0 Å². The van der Waals surface area contributed by atoms with Gasteiger partial charge in [0.15, 0.2) is 5.78 Å². The summed E-state index contributed by atoms with van der Waals surface area (Å²) in [7, 11) is 0. The minimum Gasteiger partial charge on any atom is -0.393 e. The van der Waals surface area contributed by atoms with Gasteiger partial charge >= 0.3 is 6.03 Å². The number of benzene rings is 3. The molecular formula is C46H54N2O4. The lowest BCUT2D eigenvalue weighted by Crippen LogP contribution is -2.67. The van der Waals surface area contributed by atoms with Crippen molar-refractivity contribution in [3.8, 4) is 11.1 Å². The Balaban J connectivity index is 1.23. The lowest BCUT2D eigenvalue weighted by Gasteiger charge is -2.71. The van der Waals surface area contributed by atoms with E-state index >= 15 is 4.79 Å². The van der Waals surface area contributed by atoms with Crippen LogP contribution in [0.15, 0.2) is 109 Å². The van der Waals surface area contributed by atoms with Gasteiger partial charge in [-0.3, -0.25) is 4.79 Å². The summed E-state index contributed by atoms with van der Waals surface area (Å²) in [5.41, 5.74) is 1.67. The maximum absolute atomic E-state index is 15.4. The van der Waals surface area contributed by atoms with Gasteiger partial charge in [-0.2, -0.15) is 0 Å². The Kier molecular flexibility index (Phi) is 8.46. The van der Waals surface area contributed by atoms with Crippen molar-refractivity contribution in [2.45, 2.75) is 96.9 Å². The molecule has 9 rings (SSSR count). The van der Waals surface area contributed by atoms with E-state index in [0.717, 1.165) is 54.4 Å². The number of ketones is 1. The molecule has 0 aromatic heterocycles. The molecule has 3 N–H and O–H groups in total. The highest BCUT2D eigenvalue weighted by molar-refractivity contribution is 6.14. The van der Waals surface area contributed by atoms with Crippen molar-refractivity contribution in [2.24, 2.45) is 33.5 Å². The van der Waals surface area contributed by atoms with E-state index in [-0.39, 0.29) is 41.7 Å². The summed E-state index contributed by atoms with van der Waals surface area (Å²) in [5.74, 6) is 0.236. The van der Waals surface area contributed by atoms with Gasteiger partial charge in [-0.15, -0.1) is 0 Å². The van der Waals surface area contributed by atoms with Crippen LogP contribution in [0, 0.1) is 33.5 Å². The van der Waals surface area contributed by atoms with Crippen LogP contribution in [0.3, 0.4) is 0 Å². The molecule has 6 nitrogen and oxygen atoms in total. The van der Waals surface area contributed by atoms with Gasteiger partial charge in [0.05, 0.1) is 18.2 Å². The predicted molar refractivity (Wildman–Crippen MR) is 205 cm³/mol. The van der Waals surface area contributed by atoms with Crippen molar-refractivity contribution >= 4 is 11.8 Å². The Morgan fingerprint density at radius 1 is 0.827 bits per heavy atom. The molecular weight excluding hydrogens is 645 g/mol. The van der Waals surface area contributed by atoms with Gasteiger partial charge in [0, 0.05) is 40.0 Å². The fourth-order valence-electron chi connectivity index (χ4n) is 12.0. The van der Waals surface area contributed by atoms with Gasteiger partial charge in [0.1, 0.15) is 0 Å². The van der Waals surface area contributed by atoms with Crippen molar-refractivity contribution in [1.29, 1.82) is 0 Å². The van der Waals surface area contributed by atoms with Crippen molar-refractivity contribution in [2.75, 3.05) is 6.54 Å². The third-order valence-corrected chi connectivity index (χ3v) is 14.6. The smallest absolute Gasteiger partial charge is 0.317 e. The van der Waals surface area contributed by atoms with Gasteiger partial charge in [0.25, 0.3) is 0 Å². The number of carbonyl (C=O) groups is 2. The molecule has 3 aromatic rings. The van der Waals surface area contributed by atoms with E-state index in [1.807, 2.05) is 86.6 Å². The van der Waals surface area contributed by atoms with Crippen LogP contribution < -0.4 is 5.32 Å². The zero-order valence-electron chi connectivity index (χ0n) is 31.1. The molecule has 1 unspecified atom stereocenters. The number of nitrogens with one attached hydrogen (secondary N) is 1. The zero-order chi connectivity index (χ0) is 36.5. The monoisotopic (exact) mass is 698 g/mol. The molecule has 0 saturated heterocycles. The Bertz CT molecular complexity index is 1920. The van der Waals surface area contributed by atoms with Gasteiger partial charge < -0.3 is 20.4 Å². The first-order valence-electron chi connectivity index (χ1n) is 19.5. The molecule has 0 radical (unpaired) electrons. The SMILES string of the molecule is CC(C)NC(=O)N(Cc1ccccc1)C[C@]1(O)CC[C@H]2[C@]34C=C[C@@]5(C=C3C(=O)c3ccccc3-c3ccccc3)CC(O)CC[C@]5(C)[C@H]4CC[C@@]21C. The number of aliphatic hydroxyl groups excluding tert-OH is 1. The third kappa shape index (κ3) is 5.11. The normalized spacial score (nSPS) is 35.7. The zero-order valence-corrected chi connectivity index (χ0v) is 31.1. The molecule has 0 aliphatic heterocycles. The Morgan fingerprint density at radius 2 is 1.46 bits per heavy atom. The first kappa shape index (κ1) is 35.1. The highest BCUT2D eigenvalue weighted by Gasteiger charge is 2.74. The summed E-state index contributed by atoms with van der Waals surface area (Å²) < 4.78 is 0. The Labute approximate surface area is 309 Å². The van der Waals surface area contributed by atoms with Crippen LogP contribution in [-0.2, 0) is 6.54 Å². The van der Waals surface area contributed by atoms with E-state index < -0.39 is 27.9 Å². The van der Waals surface area contributed by atoms with Crippen molar-refractivity contribution in [3.05, 3.63) is 120 Å². The summed E-state index contributed by atoms with van der Waals surface area (Å²) in [6.45, 7) is 9.21. The van der Waals surface area contributed by atoms with Crippen LogP contribution in [0.2, 0.25) is 0 Å².